The van der Waals surface area contributed by atoms with Gasteiger partial charge >= 0.3 is 6.18 Å². The van der Waals surface area contributed by atoms with E-state index >= 15 is 0 Å². The zero-order valence-corrected chi connectivity index (χ0v) is 16.8. The van der Waals surface area contributed by atoms with E-state index in [1.54, 1.807) is 6.07 Å². The van der Waals surface area contributed by atoms with Crippen molar-refractivity contribution in [1.29, 1.82) is 0 Å². The van der Waals surface area contributed by atoms with Gasteiger partial charge in [0.05, 0.1) is 24.3 Å². The van der Waals surface area contributed by atoms with Crippen molar-refractivity contribution in [3.05, 3.63) is 29.8 Å². The molecular formula is C21H28F3N3O3. The monoisotopic (exact) mass is 427 g/mol. The van der Waals surface area contributed by atoms with Crippen LogP contribution in [0, 0.1) is 5.92 Å². The van der Waals surface area contributed by atoms with Crippen molar-refractivity contribution >= 4 is 11.6 Å². The minimum Gasteiger partial charge on any atom is -0.388 e. The number of alkyl halides is 3. The van der Waals surface area contributed by atoms with Crippen LogP contribution in [0.15, 0.2) is 24.3 Å². The van der Waals surface area contributed by atoms with Gasteiger partial charge in [-0.05, 0) is 31.0 Å². The number of nitrogens with one attached hydrogen (secondary N) is 1. The van der Waals surface area contributed by atoms with Gasteiger partial charge in [0.15, 0.2) is 0 Å². The standard InChI is InChI=1S/C21H28F3N3O3/c22-21(23,24)15-5-2-6-16(11-15)27-9-7-26(8-10-27)12-18-19(28)17(13-30-18)25-20(29)14-3-1-4-14/h2,5-6,11,14,17-19,28H,1,3-4,7-10,12-13H2,(H,25,29)/t17-,18-,19+/m0/s1. The average Bonchev–Trinajstić information content (AvgIpc) is 3.00. The fraction of sp³-hybridized carbons (Fsp3) is 0.667. The van der Waals surface area contributed by atoms with Gasteiger partial charge in [-0.25, -0.2) is 0 Å². The summed E-state index contributed by atoms with van der Waals surface area (Å²) in [6.45, 7) is 3.38. The number of anilines is 1. The number of nitrogens with zero attached hydrogens (tertiary/aromatic N) is 2. The molecule has 2 saturated heterocycles. The molecule has 2 aliphatic heterocycles. The second-order valence-electron chi connectivity index (χ2n) is 8.44. The van der Waals surface area contributed by atoms with Crippen LogP contribution in [0.3, 0.4) is 0 Å². The number of rotatable bonds is 5. The van der Waals surface area contributed by atoms with Gasteiger partial charge in [0, 0.05) is 44.3 Å². The SMILES string of the molecule is O=C(N[C@H]1CO[C@@H](CN2CCN(c3cccc(C(F)(F)F)c3)CC2)[C@@H]1O)C1CCC1. The molecule has 1 aromatic rings. The largest absolute Gasteiger partial charge is 0.416 e. The van der Waals surface area contributed by atoms with E-state index in [4.69, 9.17) is 4.74 Å². The lowest BCUT2D eigenvalue weighted by Crippen LogP contribution is -2.52. The van der Waals surface area contributed by atoms with E-state index in [2.05, 4.69) is 10.2 Å². The van der Waals surface area contributed by atoms with E-state index in [0.717, 1.165) is 25.3 Å². The van der Waals surface area contributed by atoms with Gasteiger partial charge in [-0.2, -0.15) is 13.2 Å². The maximum absolute atomic E-state index is 12.9. The summed E-state index contributed by atoms with van der Waals surface area (Å²) >= 11 is 0. The number of amides is 1. The maximum Gasteiger partial charge on any atom is 0.416 e. The molecular weight excluding hydrogens is 399 g/mol. The molecule has 30 heavy (non-hydrogen) atoms. The number of piperazine rings is 1. The van der Waals surface area contributed by atoms with E-state index in [-0.39, 0.29) is 24.0 Å². The van der Waals surface area contributed by atoms with Crippen molar-refractivity contribution in [3.8, 4) is 0 Å². The molecule has 1 aromatic carbocycles. The van der Waals surface area contributed by atoms with E-state index < -0.39 is 17.8 Å². The lowest BCUT2D eigenvalue weighted by molar-refractivity contribution is -0.137. The van der Waals surface area contributed by atoms with Gasteiger partial charge in [-0.3, -0.25) is 9.69 Å². The van der Waals surface area contributed by atoms with Crippen LogP contribution in [0.25, 0.3) is 0 Å². The zero-order valence-electron chi connectivity index (χ0n) is 16.8. The molecule has 3 aliphatic rings. The Morgan fingerprint density at radius 2 is 1.93 bits per heavy atom. The Labute approximate surface area is 174 Å². The number of aliphatic hydroxyl groups is 1. The van der Waals surface area contributed by atoms with Crippen LogP contribution in [-0.2, 0) is 15.7 Å². The van der Waals surface area contributed by atoms with E-state index in [0.29, 0.717) is 45.0 Å². The molecule has 0 aromatic heterocycles. The van der Waals surface area contributed by atoms with Crippen molar-refractivity contribution in [2.75, 3.05) is 44.2 Å². The smallest absolute Gasteiger partial charge is 0.388 e. The van der Waals surface area contributed by atoms with E-state index in [1.165, 1.54) is 12.1 Å². The molecule has 166 valence electrons. The first-order valence-electron chi connectivity index (χ1n) is 10.6. The quantitative estimate of drug-likeness (QED) is 0.751. The first-order valence-corrected chi connectivity index (χ1v) is 10.6. The fourth-order valence-corrected chi connectivity index (χ4v) is 4.26. The number of halogens is 3. The van der Waals surface area contributed by atoms with E-state index in [1.807, 2.05) is 4.90 Å². The second kappa shape index (κ2) is 8.72. The van der Waals surface area contributed by atoms with Crippen LogP contribution in [0.4, 0.5) is 18.9 Å². The van der Waals surface area contributed by atoms with E-state index in [9.17, 15) is 23.1 Å². The van der Waals surface area contributed by atoms with Crippen LogP contribution in [-0.4, -0.2) is 73.5 Å². The summed E-state index contributed by atoms with van der Waals surface area (Å²) in [6.07, 6.45) is -2.58. The van der Waals surface area contributed by atoms with Gasteiger partial charge in [0.1, 0.15) is 6.10 Å². The lowest BCUT2D eigenvalue weighted by Gasteiger charge is -2.37. The third-order valence-corrected chi connectivity index (χ3v) is 6.44. The molecule has 6 nitrogen and oxygen atoms in total. The first-order chi connectivity index (χ1) is 14.3. The third kappa shape index (κ3) is 4.73. The molecule has 3 atom stereocenters. The highest BCUT2D eigenvalue weighted by Crippen LogP contribution is 2.32. The number of carbonyl (C=O) groups excluding carboxylic acids is 1. The minimum absolute atomic E-state index is 0.00394. The van der Waals surface area contributed by atoms with Gasteiger partial charge in [-0.1, -0.05) is 12.5 Å². The van der Waals surface area contributed by atoms with Crippen molar-refractivity contribution in [1.82, 2.24) is 10.2 Å². The van der Waals surface area contributed by atoms with Crippen molar-refractivity contribution in [3.63, 3.8) is 0 Å². The summed E-state index contributed by atoms with van der Waals surface area (Å²) in [7, 11) is 0. The van der Waals surface area contributed by atoms with Crippen LogP contribution in [0.5, 0.6) is 0 Å². The average molecular weight is 427 g/mol. The Bertz CT molecular complexity index is 749. The Kier molecular flexibility index (Phi) is 6.22. The van der Waals surface area contributed by atoms with Gasteiger partial charge in [0.2, 0.25) is 5.91 Å². The molecule has 4 rings (SSSR count). The highest BCUT2D eigenvalue weighted by molar-refractivity contribution is 5.79. The van der Waals surface area contributed by atoms with Gasteiger partial charge in [-0.15, -0.1) is 0 Å². The Morgan fingerprint density at radius 1 is 1.20 bits per heavy atom. The molecule has 0 bridgehead atoms. The molecule has 2 N–H and O–H groups in total. The summed E-state index contributed by atoms with van der Waals surface area (Å²) in [4.78, 5) is 16.2. The second-order valence-corrected chi connectivity index (χ2v) is 8.44. The number of ether oxygens (including phenoxy) is 1. The normalized spacial score (nSPS) is 28.4. The summed E-state index contributed by atoms with van der Waals surface area (Å²) in [6, 6.07) is 5.03. The highest BCUT2D eigenvalue weighted by atomic mass is 19.4. The number of hydrogen-bond acceptors (Lipinski definition) is 5. The number of benzene rings is 1. The zero-order chi connectivity index (χ0) is 21.3. The maximum atomic E-state index is 12.9. The minimum atomic E-state index is -4.35. The van der Waals surface area contributed by atoms with Crippen LogP contribution >= 0.6 is 0 Å². The molecule has 0 radical (unpaired) electrons. The Balaban J connectivity index is 1.25. The first kappa shape index (κ1) is 21.4. The molecule has 1 aliphatic carbocycles. The number of aliphatic hydroxyl groups excluding tert-OH is 1. The summed E-state index contributed by atoms with van der Waals surface area (Å²) in [5.74, 6) is 0.0735. The van der Waals surface area contributed by atoms with Crippen molar-refractivity contribution < 1.29 is 27.8 Å². The molecule has 3 fully saturated rings. The van der Waals surface area contributed by atoms with Crippen LogP contribution < -0.4 is 10.2 Å². The van der Waals surface area contributed by atoms with Crippen LogP contribution in [0.1, 0.15) is 24.8 Å². The molecule has 0 unspecified atom stereocenters. The van der Waals surface area contributed by atoms with Gasteiger partial charge < -0.3 is 20.1 Å². The summed E-state index contributed by atoms with van der Waals surface area (Å²) in [5, 5.41) is 13.5. The lowest BCUT2D eigenvalue weighted by atomic mass is 9.84. The van der Waals surface area contributed by atoms with Crippen molar-refractivity contribution in [2.45, 2.75) is 43.7 Å². The summed E-state index contributed by atoms with van der Waals surface area (Å²) < 4.78 is 44.6. The van der Waals surface area contributed by atoms with Crippen LogP contribution in [0.2, 0.25) is 0 Å². The third-order valence-electron chi connectivity index (χ3n) is 6.44. The fourth-order valence-electron chi connectivity index (χ4n) is 4.26. The predicted molar refractivity (Wildman–Crippen MR) is 105 cm³/mol. The molecule has 0 spiro atoms. The van der Waals surface area contributed by atoms with Gasteiger partial charge in [0.25, 0.3) is 0 Å². The molecule has 9 heteroatoms. The Morgan fingerprint density at radius 3 is 2.57 bits per heavy atom. The topological polar surface area (TPSA) is 65.0 Å². The predicted octanol–water partition coefficient (Wildman–Crippen LogP) is 1.87. The molecule has 2 heterocycles. The molecule has 1 amide bonds. The summed E-state index contributed by atoms with van der Waals surface area (Å²) in [5.41, 5.74) is -0.0692. The number of hydrogen-bond donors (Lipinski definition) is 2. The highest BCUT2D eigenvalue weighted by Gasteiger charge is 2.39. The Hall–Kier alpha value is -1.84. The molecule has 1 saturated carbocycles. The number of carbonyl (C=O) groups is 1. The van der Waals surface area contributed by atoms with Crippen molar-refractivity contribution in [2.24, 2.45) is 5.92 Å².